The average Bonchev–Trinajstić information content (AvgIpc) is 2.81. The predicted molar refractivity (Wildman–Crippen MR) is 86.3 cm³/mol. The summed E-state index contributed by atoms with van der Waals surface area (Å²) in [5.74, 6) is 1.22. The second kappa shape index (κ2) is 7.44. The summed E-state index contributed by atoms with van der Waals surface area (Å²) in [6, 6.07) is 6.71. The Balaban J connectivity index is 2.24. The van der Waals surface area contributed by atoms with E-state index in [4.69, 9.17) is 4.98 Å². The second-order valence-electron chi connectivity index (χ2n) is 5.36. The molecule has 1 N–H and O–H groups in total. The van der Waals surface area contributed by atoms with Gasteiger partial charge in [0.05, 0.1) is 11.0 Å². The molecule has 0 saturated heterocycles. The smallest absolute Gasteiger partial charge is 0.111 e. The number of imidazole rings is 1. The maximum atomic E-state index is 4.86. The van der Waals surface area contributed by atoms with Crippen molar-refractivity contribution in [2.45, 2.75) is 53.0 Å². The van der Waals surface area contributed by atoms with Crippen LogP contribution in [0.25, 0.3) is 11.0 Å². The maximum absolute atomic E-state index is 4.86. The Morgan fingerprint density at radius 3 is 2.65 bits per heavy atom. The number of aryl methyl sites for hydroxylation is 2. The van der Waals surface area contributed by atoms with E-state index in [-0.39, 0.29) is 0 Å². The Hall–Kier alpha value is -1.35. The van der Waals surface area contributed by atoms with E-state index >= 15 is 0 Å². The van der Waals surface area contributed by atoms with Gasteiger partial charge in [0.1, 0.15) is 5.82 Å². The molecule has 0 aliphatic heterocycles. The van der Waals surface area contributed by atoms with Crippen LogP contribution in [0.5, 0.6) is 0 Å². The van der Waals surface area contributed by atoms with Gasteiger partial charge in [-0.15, -0.1) is 0 Å². The van der Waals surface area contributed by atoms with Crippen LogP contribution in [0.2, 0.25) is 0 Å². The van der Waals surface area contributed by atoms with Crippen molar-refractivity contribution in [3.8, 4) is 0 Å². The van der Waals surface area contributed by atoms with Crippen molar-refractivity contribution in [2.24, 2.45) is 0 Å². The van der Waals surface area contributed by atoms with Gasteiger partial charge in [0.25, 0.3) is 0 Å². The number of benzene rings is 1. The number of rotatable bonds is 8. The van der Waals surface area contributed by atoms with Crippen molar-refractivity contribution in [3.63, 3.8) is 0 Å². The third kappa shape index (κ3) is 3.40. The number of hydrogen-bond donors (Lipinski definition) is 1. The van der Waals surface area contributed by atoms with Gasteiger partial charge in [-0.05, 0) is 43.5 Å². The fraction of sp³-hybridized carbons (Fsp3) is 0.588. The van der Waals surface area contributed by atoms with E-state index in [1.807, 2.05) is 0 Å². The minimum atomic E-state index is 1.01. The first-order valence-electron chi connectivity index (χ1n) is 7.98. The standard InChI is InChI=1S/C17H27N3/c1-4-10-18-11-9-17-19-15-13-14(6-3)7-8-16(15)20(17)12-5-2/h7-8,13,18H,4-6,9-12H2,1-3H3. The lowest BCUT2D eigenvalue weighted by molar-refractivity contribution is 0.613. The van der Waals surface area contributed by atoms with E-state index < -0.39 is 0 Å². The zero-order valence-corrected chi connectivity index (χ0v) is 13.1. The summed E-state index contributed by atoms with van der Waals surface area (Å²) in [6.07, 6.45) is 4.42. The van der Waals surface area contributed by atoms with Crippen LogP contribution >= 0.6 is 0 Å². The highest BCUT2D eigenvalue weighted by atomic mass is 15.1. The zero-order chi connectivity index (χ0) is 14.4. The molecular formula is C17H27N3. The van der Waals surface area contributed by atoms with E-state index in [1.54, 1.807) is 0 Å². The summed E-state index contributed by atoms with van der Waals surface area (Å²) >= 11 is 0. The quantitative estimate of drug-likeness (QED) is 0.745. The van der Waals surface area contributed by atoms with Crippen LogP contribution in [0, 0.1) is 0 Å². The molecular weight excluding hydrogens is 246 g/mol. The molecule has 0 atom stereocenters. The lowest BCUT2D eigenvalue weighted by Crippen LogP contribution is -2.19. The third-order valence-corrected chi connectivity index (χ3v) is 3.70. The van der Waals surface area contributed by atoms with E-state index in [0.29, 0.717) is 0 Å². The normalized spacial score (nSPS) is 11.3. The third-order valence-electron chi connectivity index (χ3n) is 3.70. The molecule has 3 heteroatoms. The van der Waals surface area contributed by atoms with E-state index in [2.05, 4.69) is 48.9 Å². The van der Waals surface area contributed by atoms with E-state index in [9.17, 15) is 0 Å². The number of nitrogens with zero attached hydrogens (tertiary/aromatic N) is 2. The van der Waals surface area contributed by atoms with E-state index in [1.165, 1.54) is 23.3 Å². The fourth-order valence-electron chi connectivity index (χ4n) is 2.61. The first kappa shape index (κ1) is 15.0. The summed E-state index contributed by atoms with van der Waals surface area (Å²) in [5.41, 5.74) is 3.81. The topological polar surface area (TPSA) is 29.9 Å². The lowest BCUT2D eigenvalue weighted by atomic mass is 10.1. The molecule has 0 spiro atoms. The first-order chi connectivity index (χ1) is 9.80. The predicted octanol–water partition coefficient (Wildman–Crippen LogP) is 3.55. The van der Waals surface area contributed by atoms with Crippen molar-refractivity contribution < 1.29 is 0 Å². The van der Waals surface area contributed by atoms with Crippen LogP contribution in [0.1, 0.15) is 45.0 Å². The van der Waals surface area contributed by atoms with Gasteiger partial charge in [-0.2, -0.15) is 0 Å². The summed E-state index contributed by atoms with van der Waals surface area (Å²) in [6.45, 7) is 9.79. The van der Waals surface area contributed by atoms with Gasteiger partial charge < -0.3 is 9.88 Å². The molecule has 0 amide bonds. The monoisotopic (exact) mass is 273 g/mol. The molecule has 20 heavy (non-hydrogen) atoms. The summed E-state index contributed by atoms with van der Waals surface area (Å²) in [5, 5.41) is 3.47. The number of fused-ring (bicyclic) bond motifs is 1. The van der Waals surface area contributed by atoms with Crippen LogP contribution in [0.4, 0.5) is 0 Å². The van der Waals surface area contributed by atoms with Gasteiger partial charge in [0.15, 0.2) is 0 Å². The molecule has 0 fully saturated rings. The molecule has 1 aromatic heterocycles. The molecule has 1 heterocycles. The van der Waals surface area contributed by atoms with Crippen LogP contribution in [-0.4, -0.2) is 22.6 Å². The molecule has 2 rings (SSSR count). The van der Waals surface area contributed by atoms with Gasteiger partial charge >= 0.3 is 0 Å². The van der Waals surface area contributed by atoms with Crippen molar-refractivity contribution in [2.75, 3.05) is 13.1 Å². The van der Waals surface area contributed by atoms with Crippen molar-refractivity contribution in [3.05, 3.63) is 29.6 Å². The Morgan fingerprint density at radius 2 is 1.95 bits per heavy atom. The molecule has 0 saturated carbocycles. The number of hydrogen-bond acceptors (Lipinski definition) is 2. The molecule has 0 radical (unpaired) electrons. The average molecular weight is 273 g/mol. The van der Waals surface area contributed by atoms with Crippen LogP contribution in [0.15, 0.2) is 18.2 Å². The first-order valence-corrected chi connectivity index (χ1v) is 7.98. The summed E-state index contributed by atoms with van der Waals surface area (Å²) in [4.78, 5) is 4.86. The van der Waals surface area contributed by atoms with Gasteiger partial charge in [-0.1, -0.05) is 26.8 Å². The highest BCUT2D eigenvalue weighted by Gasteiger charge is 2.10. The van der Waals surface area contributed by atoms with Gasteiger partial charge in [-0.3, -0.25) is 0 Å². The molecule has 1 aromatic carbocycles. The maximum Gasteiger partial charge on any atom is 0.111 e. The molecule has 0 bridgehead atoms. The molecule has 0 aliphatic rings. The lowest BCUT2D eigenvalue weighted by Gasteiger charge is -2.08. The zero-order valence-electron chi connectivity index (χ0n) is 13.1. The highest BCUT2D eigenvalue weighted by Crippen LogP contribution is 2.19. The molecule has 110 valence electrons. The van der Waals surface area contributed by atoms with Crippen LogP contribution in [-0.2, 0) is 19.4 Å². The Bertz CT molecular complexity index is 542. The Kier molecular flexibility index (Phi) is 5.60. The molecule has 0 unspecified atom stereocenters. The van der Waals surface area contributed by atoms with Gasteiger partial charge in [-0.25, -0.2) is 4.98 Å². The number of aromatic nitrogens is 2. The van der Waals surface area contributed by atoms with Crippen molar-refractivity contribution in [1.29, 1.82) is 0 Å². The van der Waals surface area contributed by atoms with Crippen molar-refractivity contribution in [1.82, 2.24) is 14.9 Å². The SMILES string of the molecule is CCCNCCc1nc2cc(CC)ccc2n1CCC. The van der Waals surface area contributed by atoms with Crippen LogP contribution < -0.4 is 5.32 Å². The van der Waals surface area contributed by atoms with Gasteiger partial charge in [0, 0.05) is 19.5 Å². The Morgan fingerprint density at radius 1 is 1.10 bits per heavy atom. The Labute approximate surface area is 122 Å². The largest absolute Gasteiger partial charge is 0.328 e. The summed E-state index contributed by atoms with van der Waals surface area (Å²) < 4.78 is 2.39. The van der Waals surface area contributed by atoms with E-state index in [0.717, 1.165) is 44.4 Å². The fourth-order valence-corrected chi connectivity index (χ4v) is 2.61. The van der Waals surface area contributed by atoms with Crippen LogP contribution in [0.3, 0.4) is 0 Å². The molecule has 3 nitrogen and oxygen atoms in total. The minimum Gasteiger partial charge on any atom is -0.328 e. The van der Waals surface area contributed by atoms with Crippen molar-refractivity contribution >= 4 is 11.0 Å². The van der Waals surface area contributed by atoms with Gasteiger partial charge in [0.2, 0.25) is 0 Å². The molecule has 0 aliphatic carbocycles. The molecule has 2 aromatic rings. The second-order valence-corrected chi connectivity index (χ2v) is 5.36. The summed E-state index contributed by atoms with van der Waals surface area (Å²) in [7, 11) is 0. The minimum absolute atomic E-state index is 1.01. The number of nitrogens with one attached hydrogen (secondary N) is 1. The highest BCUT2D eigenvalue weighted by molar-refractivity contribution is 5.77.